The smallest absolute Gasteiger partial charge is 0.337 e. The van der Waals surface area contributed by atoms with E-state index in [1.165, 1.54) is 6.20 Å². The predicted molar refractivity (Wildman–Crippen MR) is 53.0 cm³/mol. The fraction of sp³-hybridized carbons (Fsp3) is 0.400. The Kier molecular flexibility index (Phi) is 3.59. The van der Waals surface area contributed by atoms with E-state index in [9.17, 15) is 4.79 Å². The molecule has 0 radical (unpaired) electrons. The van der Waals surface area contributed by atoms with Gasteiger partial charge in [0.1, 0.15) is 0 Å². The average Bonchev–Trinajstić information content (AvgIpc) is 2.18. The van der Waals surface area contributed by atoms with Crippen molar-refractivity contribution in [1.82, 2.24) is 4.98 Å². The number of carbonyl (C=O) groups is 1. The molecule has 1 aromatic heterocycles. The topological polar surface area (TPSA) is 76.2 Å². The molecule has 4 heteroatoms. The first-order chi connectivity index (χ1) is 6.65. The van der Waals surface area contributed by atoms with Gasteiger partial charge in [-0.1, -0.05) is 13.3 Å². The second-order valence-electron chi connectivity index (χ2n) is 3.21. The van der Waals surface area contributed by atoms with Gasteiger partial charge in [0, 0.05) is 18.4 Å². The highest BCUT2D eigenvalue weighted by Gasteiger charge is 2.08. The van der Waals surface area contributed by atoms with Crippen LogP contribution < -0.4 is 5.73 Å². The van der Waals surface area contributed by atoms with Gasteiger partial charge in [-0.15, -0.1) is 0 Å². The number of nitrogens with zero attached hydrogens (tertiary/aromatic N) is 1. The number of pyridine rings is 1. The van der Waals surface area contributed by atoms with Crippen LogP contribution in [-0.4, -0.2) is 16.1 Å². The van der Waals surface area contributed by atoms with Crippen molar-refractivity contribution in [3.05, 3.63) is 29.6 Å². The molecule has 4 nitrogen and oxygen atoms in total. The number of hydrogen-bond donors (Lipinski definition) is 2. The van der Waals surface area contributed by atoms with Gasteiger partial charge in [0.15, 0.2) is 0 Å². The summed E-state index contributed by atoms with van der Waals surface area (Å²) in [6.07, 6.45) is 4.75. The summed E-state index contributed by atoms with van der Waals surface area (Å²) in [7, 11) is 0. The molecule has 0 fully saturated rings. The number of nitrogens with two attached hydrogens (primary N) is 1. The molecule has 0 aromatic carbocycles. The maximum Gasteiger partial charge on any atom is 0.337 e. The minimum absolute atomic E-state index is 0.119. The Morgan fingerprint density at radius 1 is 1.64 bits per heavy atom. The van der Waals surface area contributed by atoms with Crippen molar-refractivity contribution >= 4 is 5.97 Å². The molecule has 76 valence electrons. The normalized spacial score (nSPS) is 12.4. The lowest BCUT2D eigenvalue weighted by molar-refractivity contribution is 0.0696. The first-order valence-electron chi connectivity index (χ1n) is 4.59. The van der Waals surface area contributed by atoms with E-state index in [4.69, 9.17) is 10.8 Å². The molecule has 0 spiro atoms. The van der Waals surface area contributed by atoms with Crippen LogP contribution in [0.5, 0.6) is 0 Å². The molecule has 0 aliphatic heterocycles. The van der Waals surface area contributed by atoms with Gasteiger partial charge < -0.3 is 10.8 Å². The molecule has 0 aliphatic rings. The molecule has 1 aromatic rings. The Hall–Kier alpha value is -1.42. The minimum Gasteiger partial charge on any atom is -0.478 e. The molecule has 0 aliphatic carbocycles. The van der Waals surface area contributed by atoms with Crippen LogP contribution in [0.4, 0.5) is 0 Å². The molecule has 1 rings (SSSR count). The van der Waals surface area contributed by atoms with Crippen molar-refractivity contribution in [3.8, 4) is 0 Å². The van der Waals surface area contributed by atoms with Crippen LogP contribution in [0.25, 0.3) is 0 Å². The molecule has 0 saturated heterocycles. The largest absolute Gasteiger partial charge is 0.478 e. The van der Waals surface area contributed by atoms with Gasteiger partial charge in [-0.25, -0.2) is 4.79 Å². The summed E-state index contributed by atoms with van der Waals surface area (Å²) in [6.45, 7) is 2.04. The number of hydrogen-bond acceptors (Lipinski definition) is 3. The van der Waals surface area contributed by atoms with Gasteiger partial charge in [-0.05, 0) is 18.1 Å². The molecule has 1 atom stereocenters. The number of aromatic carboxylic acids is 1. The third-order valence-corrected chi connectivity index (χ3v) is 2.03. The Labute approximate surface area is 82.8 Å². The van der Waals surface area contributed by atoms with Gasteiger partial charge in [-0.2, -0.15) is 0 Å². The van der Waals surface area contributed by atoms with Crippen molar-refractivity contribution in [2.24, 2.45) is 5.73 Å². The van der Waals surface area contributed by atoms with E-state index < -0.39 is 5.97 Å². The summed E-state index contributed by atoms with van der Waals surface area (Å²) >= 11 is 0. The van der Waals surface area contributed by atoms with Crippen molar-refractivity contribution in [1.29, 1.82) is 0 Å². The van der Waals surface area contributed by atoms with E-state index in [1.54, 1.807) is 12.3 Å². The van der Waals surface area contributed by atoms with E-state index >= 15 is 0 Å². The van der Waals surface area contributed by atoms with E-state index in [1.807, 2.05) is 6.92 Å². The first kappa shape index (κ1) is 10.7. The quantitative estimate of drug-likeness (QED) is 0.762. The maximum atomic E-state index is 10.7. The third kappa shape index (κ3) is 2.53. The van der Waals surface area contributed by atoms with Gasteiger partial charge in [0.2, 0.25) is 0 Å². The average molecular weight is 194 g/mol. The van der Waals surface area contributed by atoms with Crippen molar-refractivity contribution < 1.29 is 9.90 Å². The molecule has 0 bridgehead atoms. The summed E-state index contributed by atoms with van der Waals surface area (Å²) in [5, 5.41) is 8.74. The SMILES string of the molecule is CCC[C@@H](N)c1cncc(C(=O)O)c1. The monoisotopic (exact) mass is 194 g/mol. The van der Waals surface area contributed by atoms with E-state index in [-0.39, 0.29) is 11.6 Å². The summed E-state index contributed by atoms with van der Waals surface area (Å²) in [6, 6.07) is 1.46. The fourth-order valence-corrected chi connectivity index (χ4v) is 1.26. The second-order valence-corrected chi connectivity index (χ2v) is 3.21. The molecular weight excluding hydrogens is 180 g/mol. The fourth-order valence-electron chi connectivity index (χ4n) is 1.26. The number of carboxylic acids is 1. The molecule has 0 unspecified atom stereocenters. The Bertz CT molecular complexity index is 326. The summed E-state index contributed by atoms with van der Waals surface area (Å²) in [4.78, 5) is 14.5. The molecule has 0 amide bonds. The molecule has 3 N–H and O–H groups in total. The van der Waals surface area contributed by atoms with Crippen LogP contribution in [0.3, 0.4) is 0 Å². The van der Waals surface area contributed by atoms with Gasteiger partial charge in [-0.3, -0.25) is 4.98 Å². The third-order valence-electron chi connectivity index (χ3n) is 2.03. The van der Waals surface area contributed by atoms with Crippen LogP contribution in [0, 0.1) is 0 Å². The van der Waals surface area contributed by atoms with E-state index in [0.29, 0.717) is 0 Å². The summed E-state index contributed by atoms with van der Waals surface area (Å²) in [5.74, 6) is -0.969. The van der Waals surface area contributed by atoms with Crippen LogP contribution in [0.1, 0.15) is 41.7 Å². The lowest BCUT2D eigenvalue weighted by Crippen LogP contribution is -2.11. The molecule has 1 heterocycles. The zero-order chi connectivity index (χ0) is 10.6. The Morgan fingerprint density at radius 3 is 2.93 bits per heavy atom. The number of aromatic nitrogens is 1. The Balaban J connectivity index is 2.87. The van der Waals surface area contributed by atoms with Gasteiger partial charge in [0.25, 0.3) is 0 Å². The zero-order valence-electron chi connectivity index (χ0n) is 8.10. The standard InChI is InChI=1S/C10H14N2O2/c1-2-3-9(11)7-4-8(10(13)14)6-12-5-7/h4-6,9H,2-3,11H2,1H3,(H,13,14)/t9-/m1/s1. The summed E-state index contributed by atoms with van der Waals surface area (Å²) < 4.78 is 0. The number of rotatable bonds is 4. The highest BCUT2D eigenvalue weighted by molar-refractivity contribution is 5.87. The second kappa shape index (κ2) is 4.72. The lowest BCUT2D eigenvalue weighted by atomic mass is 10.0. The highest BCUT2D eigenvalue weighted by Crippen LogP contribution is 2.15. The van der Waals surface area contributed by atoms with Gasteiger partial charge >= 0.3 is 5.97 Å². The molecule has 0 saturated carbocycles. The van der Waals surface area contributed by atoms with Crippen LogP contribution in [0.15, 0.2) is 18.5 Å². The Morgan fingerprint density at radius 2 is 2.36 bits per heavy atom. The zero-order valence-corrected chi connectivity index (χ0v) is 8.10. The van der Waals surface area contributed by atoms with Crippen LogP contribution >= 0.6 is 0 Å². The lowest BCUT2D eigenvalue weighted by Gasteiger charge is -2.10. The minimum atomic E-state index is -0.969. The van der Waals surface area contributed by atoms with Crippen molar-refractivity contribution in [3.63, 3.8) is 0 Å². The molecule has 14 heavy (non-hydrogen) atoms. The van der Waals surface area contributed by atoms with E-state index in [2.05, 4.69) is 4.98 Å². The van der Waals surface area contributed by atoms with E-state index in [0.717, 1.165) is 18.4 Å². The predicted octanol–water partition coefficient (Wildman–Crippen LogP) is 1.58. The van der Waals surface area contributed by atoms with Crippen LogP contribution in [0.2, 0.25) is 0 Å². The van der Waals surface area contributed by atoms with Crippen LogP contribution in [-0.2, 0) is 0 Å². The van der Waals surface area contributed by atoms with Gasteiger partial charge in [0.05, 0.1) is 5.56 Å². The van der Waals surface area contributed by atoms with Crippen molar-refractivity contribution in [2.45, 2.75) is 25.8 Å². The molecular formula is C10H14N2O2. The van der Waals surface area contributed by atoms with Crippen molar-refractivity contribution in [2.75, 3.05) is 0 Å². The number of carboxylic acid groups (broad SMARTS) is 1. The highest BCUT2D eigenvalue weighted by atomic mass is 16.4. The maximum absolute atomic E-state index is 10.7. The first-order valence-corrected chi connectivity index (χ1v) is 4.59. The summed E-state index contributed by atoms with van der Waals surface area (Å²) in [5.41, 5.74) is 6.81.